The van der Waals surface area contributed by atoms with Crippen molar-refractivity contribution < 1.29 is 20.1 Å². The van der Waals surface area contributed by atoms with Crippen LogP contribution in [0.15, 0.2) is 0 Å². The first-order valence-electron chi connectivity index (χ1n) is 4.03. The molecule has 0 radical (unpaired) electrons. The summed E-state index contributed by atoms with van der Waals surface area (Å²) >= 11 is 0. The smallest absolute Gasteiger partial charge is 0.172 e. The van der Waals surface area contributed by atoms with Gasteiger partial charge in [-0.25, -0.2) is 0 Å². The van der Waals surface area contributed by atoms with E-state index in [1.54, 1.807) is 6.92 Å². The molecule has 0 unspecified atom stereocenters. The molecule has 0 aromatic rings. The third kappa shape index (κ3) is 1.60. The highest BCUT2D eigenvalue weighted by atomic mass is 16.6. The molecule has 0 saturated carbocycles. The summed E-state index contributed by atoms with van der Waals surface area (Å²) in [5.41, 5.74) is 5.34. The van der Waals surface area contributed by atoms with Gasteiger partial charge in [0.25, 0.3) is 0 Å². The van der Waals surface area contributed by atoms with E-state index in [2.05, 4.69) is 0 Å². The van der Waals surface area contributed by atoms with Crippen LogP contribution in [-0.2, 0) is 4.74 Å². The average Bonchev–Trinajstić information content (AvgIpc) is 2.08. The summed E-state index contributed by atoms with van der Waals surface area (Å²) in [6.07, 6.45) is -3.31. The zero-order chi connectivity index (χ0) is 9.30. The quantitative estimate of drug-likeness (QED) is 0.377. The van der Waals surface area contributed by atoms with Gasteiger partial charge in [0.2, 0.25) is 0 Å². The number of aliphatic hydroxyl groups excluding tert-OH is 3. The molecule has 5 N–H and O–H groups in total. The summed E-state index contributed by atoms with van der Waals surface area (Å²) in [6.45, 7) is 1.80. The molecule has 0 aromatic heterocycles. The first kappa shape index (κ1) is 9.88. The number of ether oxygens (including phenoxy) is 1. The summed E-state index contributed by atoms with van der Waals surface area (Å²) < 4.78 is 4.95. The molecule has 5 heteroatoms. The molecule has 72 valence electrons. The van der Waals surface area contributed by atoms with Gasteiger partial charge in [-0.1, -0.05) is 6.92 Å². The molecule has 1 heterocycles. The molecular formula is C7H15NO4. The lowest BCUT2D eigenvalue weighted by Gasteiger charge is -2.38. The van der Waals surface area contributed by atoms with Crippen molar-refractivity contribution in [1.29, 1.82) is 0 Å². The van der Waals surface area contributed by atoms with Crippen molar-refractivity contribution in [3.63, 3.8) is 0 Å². The fourth-order valence-electron chi connectivity index (χ4n) is 1.30. The molecule has 5 nitrogen and oxygen atoms in total. The molecular weight excluding hydrogens is 162 g/mol. The maximum absolute atomic E-state index is 9.36. The van der Waals surface area contributed by atoms with E-state index in [4.69, 9.17) is 15.6 Å². The van der Waals surface area contributed by atoms with Gasteiger partial charge in [0.05, 0.1) is 12.1 Å². The molecule has 1 fully saturated rings. The Bertz CT molecular complexity index is 150. The third-order valence-corrected chi connectivity index (χ3v) is 2.17. The monoisotopic (exact) mass is 177 g/mol. The van der Waals surface area contributed by atoms with E-state index >= 15 is 0 Å². The fourth-order valence-corrected chi connectivity index (χ4v) is 1.30. The Morgan fingerprint density at radius 3 is 2.33 bits per heavy atom. The maximum atomic E-state index is 9.36. The molecule has 1 aliphatic heterocycles. The molecule has 0 amide bonds. The van der Waals surface area contributed by atoms with E-state index in [-0.39, 0.29) is 0 Å². The minimum Gasteiger partial charge on any atom is -0.388 e. The molecule has 1 saturated heterocycles. The standard InChI is InChI=1S/C7H15NO4/c1-2-3-5(9)6(10)4(8)7(11)12-3/h3-7,9-11H,2,8H2,1H3/t3-,4+,5-,6+,7-/m1/s1. The topological polar surface area (TPSA) is 95.9 Å². The summed E-state index contributed by atoms with van der Waals surface area (Å²) in [5, 5.41) is 27.8. The first-order valence-corrected chi connectivity index (χ1v) is 4.03. The highest BCUT2D eigenvalue weighted by molar-refractivity contribution is 4.90. The molecule has 0 aliphatic carbocycles. The van der Waals surface area contributed by atoms with Gasteiger partial charge in [0.1, 0.15) is 12.2 Å². The predicted octanol–water partition coefficient (Wildman–Crippen LogP) is -1.84. The highest BCUT2D eigenvalue weighted by Crippen LogP contribution is 2.20. The summed E-state index contributed by atoms with van der Waals surface area (Å²) in [5.74, 6) is 0. The van der Waals surface area contributed by atoms with Crippen LogP contribution >= 0.6 is 0 Å². The Hall–Kier alpha value is -0.200. The van der Waals surface area contributed by atoms with E-state index < -0.39 is 30.6 Å². The summed E-state index contributed by atoms with van der Waals surface area (Å²) in [6, 6.07) is -0.928. The van der Waals surface area contributed by atoms with Crippen molar-refractivity contribution in [2.24, 2.45) is 5.73 Å². The average molecular weight is 177 g/mol. The van der Waals surface area contributed by atoms with Gasteiger partial charge >= 0.3 is 0 Å². The lowest BCUT2D eigenvalue weighted by atomic mass is 9.96. The molecule has 1 rings (SSSR count). The van der Waals surface area contributed by atoms with Crippen LogP contribution in [0.3, 0.4) is 0 Å². The Kier molecular flexibility index (Phi) is 3.03. The molecule has 0 aromatic carbocycles. The van der Waals surface area contributed by atoms with Crippen molar-refractivity contribution >= 4 is 0 Å². The first-order chi connectivity index (χ1) is 5.57. The van der Waals surface area contributed by atoms with Crippen LogP contribution in [-0.4, -0.2) is 46.0 Å². The number of hydrogen-bond donors (Lipinski definition) is 4. The summed E-state index contributed by atoms with van der Waals surface area (Å²) in [4.78, 5) is 0. The van der Waals surface area contributed by atoms with Crippen LogP contribution in [0, 0.1) is 0 Å². The zero-order valence-corrected chi connectivity index (χ0v) is 6.92. The maximum Gasteiger partial charge on any atom is 0.172 e. The van der Waals surface area contributed by atoms with Crippen molar-refractivity contribution in [3.05, 3.63) is 0 Å². The Labute approximate surface area is 70.8 Å². The van der Waals surface area contributed by atoms with Gasteiger partial charge < -0.3 is 25.8 Å². The van der Waals surface area contributed by atoms with Crippen LogP contribution in [0.2, 0.25) is 0 Å². The minimum absolute atomic E-state index is 0.530. The van der Waals surface area contributed by atoms with Crippen molar-refractivity contribution in [1.82, 2.24) is 0 Å². The highest BCUT2D eigenvalue weighted by Gasteiger charge is 2.40. The minimum atomic E-state index is -1.19. The van der Waals surface area contributed by atoms with Crippen LogP contribution in [0.5, 0.6) is 0 Å². The Morgan fingerprint density at radius 1 is 1.25 bits per heavy atom. The van der Waals surface area contributed by atoms with Crippen LogP contribution < -0.4 is 5.73 Å². The second-order valence-electron chi connectivity index (χ2n) is 3.03. The Morgan fingerprint density at radius 2 is 1.83 bits per heavy atom. The van der Waals surface area contributed by atoms with Crippen molar-refractivity contribution in [2.75, 3.05) is 0 Å². The van der Waals surface area contributed by atoms with E-state index in [1.165, 1.54) is 0 Å². The second-order valence-corrected chi connectivity index (χ2v) is 3.03. The number of hydrogen-bond acceptors (Lipinski definition) is 5. The van der Waals surface area contributed by atoms with Crippen LogP contribution in [0.25, 0.3) is 0 Å². The Balaban J connectivity index is 2.63. The van der Waals surface area contributed by atoms with Gasteiger partial charge in [-0.2, -0.15) is 0 Å². The number of aliphatic hydroxyl groups is 3. The van der Waals surface area contributed by atoms with Gasteiger partial charge in [-0.05, 0) is 6.42 Å². The largest absolute Gasteiger partial charge is 0.388 e. The molecule has 5 atom stereocenters. The normalized spacial score (nSPS) is 49.2. The fraction of sp³-hybridized carbons (Fsp3) is 1.00. The zero-order valence-electron chi connectivity index (χ0n) is 6.92. The van der Waals surface area contributed by atoms with E-state index in [0.717, 1.165) is 0 Å². The summed E-state index contributed by atoms with van der Waals surface area (Å²) in [7, 11) is 0. The van der Waals surface area contributed by atoms with Gasteiger partial charge in [-0.15, -0.1) is 0 Å². The van der Waals surface area contributed by atoms with E-state index in [1.807, 2.05) is 0 Å². The van der Waals surface area contributed by atoms with Gasteiger partial charge in [0.15, 0.2) is 6.29 Å². The predicted molar refractivity (Wildman–Crippen MR) is 41.2 cm³/mol. The van der Waals surface area contributed by atoms with Gasteiger partial charge in [-0.3, -0.25) is 0 Å². The second kappa shape index (κ2) is 3.68. The van der Waals surface area contributed by atoms with Crippen LogP contribution in [0.4, 0.5) is 0 Å². The van der Waals surface area contributed by atoms with Crippen LogP contribution in [0.1, 0.15) is 13.3 Å². The lowest BCUT2D eigenvalue weighted by Crippen LogP contribution is -2.60. The van der Waals surface area contributed by atoms with E-state index in [0.29, 0.717) is 6.42 Å². The lowest BCUT2D eigenvalue weighted by molar-refractivity contribution is -0.242. The molecule has 1 aliphatic rings. The molecule has 0 bridgehead atoms. The SMILES string of the molecule is CC[C@H]1O[C@@H](O)[C@@H](N)[C@H](O)[C@@H]1O. The van der Waals surface area contributed by atoms with Gasteiger partial charge in [0, 0.05) is 0 Å². The van der Waals surface area contributed by atoms with E-state index in [9.17, 15) is 10.2 Å². The third-order valence-electron chi connectivity index (χ3n) is 2.17. The van der Waals surface area contributed by atoms with Crippen molar-refractivity contribution in [3.8, 4) is 0 Å². The number of rotatable bonds is 1. The number of nitrogens with two attached hydrogens (primary N) is 1. The van der Waals surface area contributed by atoms with Crippen molar-refractivity contribution in [2.45, 2.75) is 44.0 Å². The molecule has 12 heavy (non-hydrogen) atoms. The molecule has 0 spiro atoms.